The molecule has 1 aromatic carbocycles. The second-order valence-corrected chi connectivity index (χ2v) is 8.01. The van der Waals surface area contributed by atoms with E-state index in [0.717, 1.165) is 12.1 Å². The zero-order valence-electron chi connectivity index (χ0n) is 12.9. The van der Waals surface area contributed by atoms with Crippen molar-refractivity contribution < 1.29 is 47.9 Å². The minimum absolute atomic E-state index is 0.185. The Hall–Kier alpha value is -1.49. The number of phosphoric ester groups is 1. The number of nitrogens with one attached hydrogen (secondary N) is 1. The smallest absolute Gasteiger partial charge is 0.480 e. The van der Waals surface area contributed by atoms with Crippen LogP contribution in [0.3, 0.4) is 0 Å². The highest BCUT2D eigenvalue weighted by Gasteiger charge is 2.32. The van der Waals surface area contributed by atoms with E-state index >= 15 is 0 Å². The SMILES string of the molecule is C[C@@](Cc1ccc(OCP(=O)(O)O)c(OP(=O)(O)O)c1)(NN)C(=O)O. The van der Waals surface area contributed by atoms with Crippen molar-refractivity contribution in [1.29, 1.82) is 0 Å². The molecule has 8 N–H and O–H groups in total. The maximum absolute atomic E-state index is 11.2. The third-order valence-corrected chi connectivity index (χ3v) is 3.86. The standard InChI is InChI=1S/C11H18N2O10P2/c1-11(13-12,10(14)15)5-7-2-3-8(22-6-24(16,17)18)9(4-7)23-25(19,20)21/h2-4,13H,5-6,12H2,1H3,(H,14,15)(H2,16,17,18)(H2,19,20,21)/t11-/m0/s1. The van der Waals surface area contributed by atoms with Crippen molar-refractivity contribution in [3.8, 4) is 11.5 Å². The third-order valence-electron chi connectivity index (χ3n) is 2.96. The zero-order chi connectivity index (χ0) is 19.5. The summed E-state index contributed by atoms with van der Waals surface area (Å²) < 4.78 is 31.2. The first kappa shape index (κ1) is 21.6. The van der Waals surface area contributed by atoms with E-state index in [2.05, 4.69) is 9.95 Å². The maximum Gasteiger partial charge on any atom is 0.524 e. The predicted molar refractivity (Wildman–Crippen MR) is 83.7 cm³/mol. The van der Waals surface area contributed by atoms with Gasteiger partial charge in [0.1, 0.15) is 5.54 Å². The van der Waals surface area contributed by atoms with Crippen molar-refractivity contribution in [3.63, 3.8) is 0 Å². The summed E-state index contributed by atoms with van der Waals surface area (Å²) >= 11 is 0. The molecule has 0 saturated carbocycles. The fourth-order valence-electron chi connectivity index (χ4n) is 1.73. The van der Waals surface area contributed by atoms with Gasteiger partial charge in [0, 0.05) is 6.42 Å². The molecule has 0 amide bonds. The number of ether oxygens (including phenoxy) is 1. The normalized spacial score (nSPS) is 14.6. The molecule has 1 atom stereocenters. The summed E-state index contributed by atoms with van der Waals surface area (Å²) in [7, 11) is -9.55. The number of carbonyl (C=O) groups is 1. The number of aliphatic carboxylic acids is 1. The minimum atomic E-state index is -5.01. The van der Waals surface area contributed by atoms with E-state index < -0.39 is 39.0 Å². The van der Waals surface area contributed by atoms with Crippen LogP contribution >= 0.6 is 15.4 Å². The van der Waals surface area contributed by atoms with Crippen LogP contribution in [0.5, 0.6) is 11.5 Å². The average molecular weight is 400 g/mol. The Kier molecular flexibility index (Phi) is 6.74. The molecule has 14 heteroatoms. The molecule has 0 fully saturated rings. The fraction of sp³-hybridized carbons (Fsp3) is 0.364. The van der Waals surface area contributed by atoms with Crippen LogP contribution in [0.25, 0.3) is 0 Å². The zero-order valence-corrected chi connectivity index (χ0v) is 14.7. The Morgan fingerprint density at radius 3 is 2.28 bits per heavy atom. The number of phosphoric acid groups is 1. The van der Waals surface area contributed by atoms with Gasteiger partial charge in [-0.15, -0.1) is 0 Å². The molecule has 0 heterocycles. The Morgan fingerprint density at radius 1 is 1.24 bits per heavy atom. The molecule has 0 spiro atoms. The largest absolute Gasteiger partial charge is 0.524 e. The second-order valence-electron chi connectivity index (χ2n) is 5.26. The van der Waals surface area contributed by atoms with Gasteiger partial charge in [-0.3, -0.25) is 25.0 Å². The van der Waals surface area contributed by atoms with Crippen molar-refractivity contribution in [2.45, 2.75) is 18.9 Å². The van der Waals surface area contributed by atoms with Gasteiger partial charge in [0.15, 0.2) is 17.8 Å². The van der Waals surface area contributed by atoms with Gasteiger partial charge in [0.2, 0.25) is 0 Å². The highest BCUT2D eigenvalue weighted by molar-refractivity contribution is 7.51. The van der Waals surface area contributed by atoms with Gasteiger partial charge in [-0.2, -0.15) is 0 Å². The second kappa shape index (κ2) is 7.81. The van der Waals surface area contributed by atoms with Gasteiger partial charge in [-0.25, -0.2) is 9.99 Å². The lowest BCUT2D eigenvalue weighted by atomic mass is 9.93. The molecule has 25 heavy (non-hydrogen) atoms. The van der Waals surface area contributed by atoms with E-state index in [1.807, 2.05) is 0 Å². The Morgan fingerprint density at radius 2 is 1.84 bits per heavy atom. The molecule has 0 unspecified atom stereocenters. The number of carboxylic acid groups (broad SMARTS) is 1. The first-order valence-electron chi connectivity index (χ1n) is 6.52. The van der Waals surface area contributed by atoms with Gasteiger partial charge in [-0.1, -0.05) is 6.07 Å². The number of hydrazine groups is 1. The van der Waals surface area contributed by atoms with Crippen molar-refractivity contribution in [2.75, 3.05) is 6.35 Å². The molecular formula is C11H18N2O10P2. The fourth-order valence-corrected chi connectivity index (χ4v) is 2.44. The van der Waals surface area contributed by atoms with Crippen LogP contribution in [-0.4, -0.2) is 42.5 Å². The summed E-state index contributed by atoms with van der Waals surface area (Å²) in [6, 6.07) is 3.54. The van der Waals surface area contributed by atoms with Crippen molar-refractivity contribution in [3.05, 3.63) is 23.8 Å². The molecule has 1 rings (SSSR count). The topological polar surface area (TPSA) is 209 Å². The highest BCUT2D eigenvalue weighted by Crippen LogP contribution is 2.44. The number of benzene rings is 1. The van der Waals surface area contributed by atoms with Crippen molar-refractivity contribution in [2.24, 2.45) is 5.84 Å². The quantitative estimate of drug-likeness (QED) is 0.159. The number of rotatable bonds is 9. The van der Waals surface area contributed by atoms with Crippen LogP contribution in [0, 0.1) is 0 Å². The summed E-state index contributed by atoms with van der Waals surface area (Å²) in [5.41, 5.74) is 0.809. The number of hydrogen-bond donors (Lipinski definition) is 7. The first-order valence-corrected chi connectivity index (χ1v) is 9.85. The third kappa shape index (κ3) is 7.10. The van der Waals surface area contributed by atoms with E-state index in [0.29, 0.717) is 0 Å². The molecule has 0 aliphatic heterocycles. The van der Waals surface area contributed by atoms with E-state index in [1.54, 1.807) is 0 Å². The Balaban J connectivity index is 3.19. The Bertz CT molecular complexity index is 730. The van der Waals surface area contributed by atoms with Crippen LogP contribution in [0.2, 0.25) is 0 Å². The average Bonchev–Trinajstić information content (AvgIpc) is 2.43. The number of nitrogens with two attached hydrogens (primary N) is 1. The molecule has 0 radical (unpaired) electrons. The van der Waals surface area contributed by atoms with Gasteiger partial charge in [-0.05, 0) is 24.6 Å². The van der Waals surface area contributed by atoms with Gasteiger partial charge < -0.3 is 24.2 Å². The summed E-state index contributed by atoms with van der Waals surface area (Å²) in [5.74, 6) is 3.10. The predicted octanol–water partition coefficient (Wildman–Crippen LogP) is -0.479. The molecule has 0 bridgehead atoms. The number of hydrogen-bond acceptors (Lipinski definition) is 7. The van der Waals surface area contributed by atoms with E-state index in [1.165, 1.54) is 13.0 Å². The lowest BCUT2D eigenvalue weighted by Crippen LogP contribution is -2.54. The van der Waals surface area contributed by atoms with Crippen LogP contribution in [0.15, 0.2) is 18.2 Å². The lowest BCUT2D eigenvalue weighted by molar-refractivity contribution is -0.144. The summed E-state index contributed by atoms with van der Waals surface area (Å²) in [5, 5.41) is 9.17. The molecule has 0 aromatic heterocycles. The maximum atomic E-state index is 11.2. The minimum Gasteiger partial charge on any atom is -0.480 e. The molecule has 0 aliphatic rings. The molecule has 142 valence electrons. The van der Waals surface area contributed by atoms with Crippen LogP contribution in [-0.2, 0) is 20.3 Å². The molecule has 1 aromatic rings. The van der Waals surface area contributed by atoms with Crippen molar-refractivity contribution in [1.82, 2.24) is 5.43 Å². The summed E-state index contributed by atoms with van der Waals surface area (Å²) in [6.45, 7) is 1.29. The summed E-state index contributed by atoms with van der Waals surface area (Å²) in [6.07, 6.45) is -1.23. The van der Waals surface area contributed by atoms with E-state index in [4.69, 9.17) is 35.3 Å². The first-order chi connectivity index (χ1) is 11.3. The lowest BCUT2D eigenvalue weighted by Gasteiger charge is -2.24. The van der Waals surface area contributed by atoms with E-state index in [-0.39, 0.29) is 17.7 Å². The van der Waals surface area contributed by atoms with Gasteiger partial charge in [0.05, 0.1) is 0 Å². The van der Waals surface area contributed by atoms with Crippen molar-refractivity contribution >= 4 is 21.4 Å². The van der Waals surface area contributed by atoms with Crippen LogP contribution in [0.4, 0.5) is 0 Å². The van der Waals surface area contributed by atoms with Gasteiger partial charge in [0.25, 0.3) is 0 Å². The van der Waals surface area contributed by atoms with Crippen LogP contribution in [0.1, 0.15) is 12.5 Å². The van der Waals surface area contributed by atoms with Gasteiger partial charge >= 0.3 is 21.4 Å². The molecule has 12 nitrogen and oxygen atoms in total. The Labute approximate surface area is 141 Å². The van der Waals surface area contributed by atoms with Crippen LogP contribution < -0.4 is 20.5 Å². The molecule has 0 saturated heterocycles. The summed E-state index contributed by atoms with van der Waals surface area (Å²) in [4.78, 5) is 46.7. The molecular weight excluding hydrogens is 382 g/mol. The van der Waals surface area contributed by atoms with E-state index in [9.17, 15) is 13.9 Å². The number of carboxylic acids is 1. The molecule has 0 aliphatic carbocycles. The monoisotopic (exact) mass is 400 g/mol. The highest BCUT2D eigenvalue weighted by atomic mass is 31.2.